The lowest BCUT2D eigenvalue weighted by atomic mass is 10.1. The summed E-state index contributed by atoms with van der Waals surface area (Å²) in [4.78, 5) is 9.97. The number of hydrogen-bond donors (Lipinski definition) is 1. The lowest BCUT2D eigenvalue weighted by Crippen LogP contribution is -2.04. The number of alkyl halides is 1. The topological polar surface area (TPSA) is 69.2 Å². The second-order valence-electron chi connectivity index (χ2n) is 3.04. The van der Waals surface area contributed by atoms with Crippen molar-refractivity contribution in [1.29, 1.82) is 0 Å². The molecule has 4 nitrogen and oxygen atoms in total. The minimum atomic E-state index is -1.26. The predicted octanol–water partition coefficient (Wildman–Crippen LogP) is 2.72. The lowest BCUT2D eigenvalue weighted by Gasteiger charge is -2.07. The summed E-state index contributed by atoms with van der Waals surface area (Å²) >= 11 is 3.10. The molecule has 0 radical (unpaired) electrons. The van der Waals surface area contributed by atoms with Crippen LogP contribution in [0.1, 0.15) is 18.2 Å². The molecule has 6 heteroatoms. The van der Waals surface area contributed by atoms with E-state index in [0.717, 1.165) is 0 Å². The van der Waals surface area contributed by atoms with Crippen molar-refractivity contribution in [1.82, 2.24) is 0 Å². The van der Waals surface area contributed by atoms with Gasteiger partial charge in [-0.15, -0.1) is 0 Å². The first-order valence-electron chi connectivity index (χ1n) is 4.33. The molecular formula is C9H10BrFN2O2. The molecule has 2 N–H and O–H groups in total. The maximum Gasteiger partial charge on any atom is 0.270 e. The monoisotopic (exact) mass is 276 g/mol. The SMILES string of the molecule is NCCC(F)c1cc(Br)cc([N+](=O)[O-])c1. The van der Waals surface area contributed by atoms with Gasteiger partial charge in [0, 0.05) is 16.6 Å². The first kappa shape index (κ1) is 12.1. The molecule has 15 heavy (non-hydrogen) atoms. The number of benzene rings is 1. The van der Waals surface area contributed by atoms with Crippen LogP contribution in [0.2, 0.25) is 0 Å². The summed E-state index contributed by atoms with van der Waals surface area (Å²) in [6, 6.07) is 4.08. The average Bonchev–Trinajstić information content (AvgIpc) is 2.17. The van der Waals surface area contributed by atoms with Crippen LogP contribution in [0, 0.1) is 10.1 Å². The van der Waals surface area contributed by atoms with Gasteiger partial charge in [0.15, 0.2) is 0 Å². The van der Waals surface area contributed by atoms with E-state index < -0.39 is 11.1 Å². The van der Waals surface area contributed by atoms with E-state index >= 15 is 0 Å². The Morgan fingerprint density at radius 1 is 1.53 bits per heavy atom. The highest BCUT2D eigenvalue weighted by atomic mass is 79.9. The molecule has 1 aromatic rings. The normalized spacial score (nSPS) is 12.5. The third-order valence-electron chi connectivity index (χ3n) is 1.90. The largest absolute Gasteiger partial charge is 0.330 e. The molecule has 0 saturated carbocycles. The Hall–Kier alpha value is -1.01. The summed E-state index contributed by atoms with van der Waals surface area (Å²) in [5.74, 6) is 0. The van der Waals surface area contributed by atoms with Crippen LogP contribution in [-0.4, -0.2) is 11.5 Å². The van der Waals surface area contributed by atoms with Crippen molar-refractivity contribution >= 4 is 21.6 Å². The minimum Gasteiger partial charge on any atom is -0.330 e. The van der Waals surface area contributed by atoms with Gasteiger partial charge < -0.3 is 5.73 Å². The van der Waals surface area contributed by atoms with Crippen LogP contribution in [-0.2, 0) is 0 Å². The summed E-state index contributed by atoms with van der Waals surface area (Å²) in [5.41, 5.74) is 5.37. The fraction of sp³-hybridized carbons (Fsp3) is 0.333. The summed E-state index contributed by atoms with van der Waals surface area (Å²) in [5, 5.41) is 10.5. The fourth-order valence-electron chi connectivity index (χ4n) is 1.20. The number of nitro benzene ring substituents is 1. The molecule has 1 rings (SSSR count). The van der Waals surface area contributed by atoms with Gasteiger partial charge in [0.1, 0.15) is 6.17 Å². The van der Waals surface area contributed by atoms with Crippen LogP contribution in [0.15, 0.2) is 22.7 Å². The van der Waals surface area contributed by atoms with E-state index in [2.05, 4.69) is 15.9 Å². The Morgan fingerprint density at radius 3 is 2.73 bits per heavy atom. The van der Waals surface area contributed by atoms with E-state index in [1.165, 1.54) is 18.2 Å². The molecule has 0 amide bonds. The first-order chi connectivity index (χ1) is 7.04. The van der Waals surface area contributed by atoms with E-state index in [9.17, 15) is 14.5 Å². The molecule has 0 aliphatic carbocycles. The number of nitrogens with zero attached hydrogens (tertiary/aromatic N) is 1. The Bertz CT molecular complexity index is 373. The number of rotatable bonds is 4. The molecule has 0 aliphatic heterocycles. The van der Waals surface area contributed by atoms with Crippen LogP contribution in [0.5, 0.6) is 0 Å². The molecular weight excluding hydrogens is 267 g/mol. The van der Waals surface area contributed by atoms with Crippen molar-refractivity contribution in [3.05, 3.63) is 38.3 Å². The molecule has 1 unspecified atom stereocenters. The van der Waals surface area contributed by atoms with Crippen molar-refractivity contribution in [2.24, 2.45) is 5.73 Å². The number of non-ortho nitro benzene ring substituents is 1. The van der Waals surface area contributed by atoms with Gasteiger partial charge in [-0.2, -0.15) is 0 Å². The van der Waals surface area contributed by atoms with Crippen LogP contribution in [0.3, 0.4) is 0 Å². The zero-order valence-electron chi connectivity index (χ0n) is 7.82. The average molecular weight is 277 g/mol. The summed E-state index contributed by atoms with van der Waals surface area (Å²) in [7, 11) is 0. The maximum atomic E-state index is 13.4. The highest BCUT2D eigenvalue weighted by molar-refractivity contribution is 9.10. The molecule has 0 aromatic heterocycles. The second-order valence-corrected chi connectivity index (χ2v) is 3.96. The van der Waals surface area contributed by atoms with Gasteiger partial charge in [0.25, 0.3) is 5.69 Å². The molecule has 0 spiro atoms. The Morgan fingerprint density at radius 2 is 2.20 bits per heavy atom. The summed E-state index contributed by atoms with van der Waals surface area (Å²) in [6.07, 6.45) is -1.10. The molecule has 0 saturated heterocycles. The molecule has 0 aliphatic rings. The number of nitro groups is 1. The van der Waals surface area contributed by atoms with Gasteiger partial charge in [-0.25, -0.2) is 4.39 Å². The van der Waals surface area contributed by atoms with Crippen LogP contribution >= 0.6 is 15.9 Å². The van der Waals surface area contributed by atoms with E-state index in [-0.39, 0.29) is 24.2 Å². The predicted molar refractivity (Wildman–Crippen MR) is 58.3 cm³/mol. The standard InChI is InChI=1S/C9H10BrFN2O2/c10-7-3-6(9(11)1-2-12)4-8(5-7)13(14)15/h3-5,9H,1-2,12H2. The minimum absolute atomic E-state index is 0.126. The molecule has 82 valence electrons. The number of nitrogens with two attached hydrogens (primary N) is 1. The fourth-order valence-corrected chi connectivity index (χ4v) is 1.69. The first-order valence-corrected chi connectivity index (χ1v) is 5.13. The maximum absolute atomic E-state index is 13.4. The molecule has 0 bridgehead atoms. The van der Waals surface area contributed by atoms with E-state index in [4.69, 9.17) is 5.73 Å². The van der Waals surface area contributed by atoms with Crippen LogP contribution < -0.4 is 5.73 Å². The third-order valence-corrected chi connectivity index (χ3v) is 2.36. The van der Waals surface area contributed by atoms with Crippen molar-refractivity contribution < 1.29 is 9.31 Å². The lowest BCUT2D eigenvalue weighted by molar-refractivity contribution is -0.385. The zero-order chi connectivity index (χ0) is 11.4. The number of hydrogen-bond acceptors (Lipinski definition) is 3. The quantitative estimate of drug-likeness (QED) is 0.679. The van der Waals surface area contributed by atoms with Crippen molar-refractivity contribution in [3.8, 4) is 0 Å². The number of halogens is 2. The van der Waals surface area contributed by atoms with Crippen LogP contribution in [0.25, 0.3) is 0 Å². The van der Waals surface area contributed by atoms with Gasteiger partial charge in [0.2, 0.25) is 0 Å². The van der Waals surface area contributed by atoms with E-state index in [1.807, 2.05) is 0 Å². The smallest absolute Gasteiger partial charge is 0.270 e. The highest BCUT2D eigenvalue weighted by Crippen LogP contribution is 2.28. The van der Waals surface area contributed by atoms with Crippen molar-refractivity contribution in [2.45, 2.75) is 12.6 Å². The van der Waals surface area contributed by atoms with Crippen molar-refractivity contribution in [3.63, 3.8) is 0 Å². The molecule has 0 fully saturated rings. The second kappa shape index (κ2) is 5.18. The van der Waals surface area contributed by atoms with Crippen LogP contribution in [0.4, 0.5) is 10.1 Å². The molecule has 1 aromatic carbocycles. The van der Waals surface area contributed by atoms with Gasteiger partial charge in [-0.05, 0) is 24.6 Å². The zero-order valence-corrected chi connectivity index (χ0v) is 9.41. The Labute approximate surface area is 94.6 Å². The molecule has 1 atom stereocenters. The van der Waals surface area contributed by atoms with Crippen molar-refractivity contribution in [2.75, 3.05) is 6.54 Å². The van der Waals surface area contributed by atoms with Gasteiger partial charge in [0.05, 0.1) is 4.92 Å². The summed E-state index contributed by atoms with van der Waals surface area (Å²) in [6.45, 7) is 0.210. The Kier molecular flexibility index (Phi) is 4.16. The van der Waals surface area contributed by atoms with E-state index in [0.29, 0.717) is 4.47 Å². The third kappa shape index (κ3) is 3.24. The van der Waals surface area contributed by atoms with Gasteiger partial charge in [-0.1, -0.05) is 15.9 Å². The highest BCUT2D eigenvalue weighted by Gasteiger charge is 2.14. The molecule has 0 heterocycles. The Balaban J connectivity index is 3.03. The van der Waals surface area contributed by atoms with Gasteiger partial charge in [-0.3, -0.25) is 10.1 Å². The van der Waals surface area contributed by atoms with Gasteiger partial charge >= 0.3 is 0 Å². The van der Waals surface area contributed by atoms with E-state index in [1.54, 1.807) is 0 Å². The summed E-state index contributed by atoms with van der Waals surface area (Å²) < 4.78 is 13.9.